The summed E-state index contributed by atoms with van der Waals surface area (Å²) in [6.07, 6.45) is -0.0341. The van der Waals surface area contributed by atoms with Crippen LogP contribution in [0.15, 0.2) is 24.3 Å². The molecular weight excluding hydrogens is 261 g/mol. The van der Waals surface area contributed by atoms with Crippen molar-refractivity contribution in [1.82, 2.24) is 4.90 Å². The number of carbonyl (C=O) groups excluding carboxylic acids is 1. The number of hydrogen-bond donors (Lipinski definition) is 2. The largest absolute Gasteiger partial charge is 0.374 e. The summed E-state index contributed by atoms with van der Waals surface area (Å²) in [7, 11) is 0. The van der Waals surface area contributed by atoms with Gasteiger partial charge in [-0.05, 0) is 25.1 Å². The summed E-state index contributed by atoms with van der Waals surface area (Å²) in [5, 5.41) is 2.69. The Morgan fingerprint density at radius 1 is 1.60 bits per heavy atom. The van der Waals surface area contributed by atoms with Gasteiger partial charge < -0.3 is 15.8 Å². The lowest BCUT2D eigenvalue weighted by Gasteiger charge is -2.37. The lowest BCUT2D eigenvalue weighted by molar-refractivity contribution is -0.121. The summed E-state index contributed by atoms with van der Waals surface area (Å²) in [5.41, 5.74) is 6.05. The minimum atomic E-state index is -0.370. The molecule has 2 rings (SSSR count). The fourth-order valence-corrected chi connectivity index (χ4v) is 2.19. The molecule has 6 heteroatoms. The van der Waals surface area contributed by atoms with Crippen LogP contribution in [0, 0.1) is 5.82 Å². The van der Waals surface area contributed by atoms with Crippen molar-refractivity contribution in [2.24, 2.45) is 5.73 Å². The van der Waals surface area contributed by atoms with Crippen molar-refractivity contribution in [2.45, 2.75) is 19.1 Å². The molecule has 0 spiro atoms. The Kier molecular flexibility index (Phi) is 5.05. The Bertz CT molecular complexity index is 469. The molecular formula is C14H20FN3O2. The molecule has 0 radical (unpaired) electrons. The Morgan fingerprint density at radius 3 is 3.10 bits per heavy atom. The van der Waals surface area contributed by atoms with Crippen molar-refractivity contribution in [3.63, 3.8) is 0 Å². The van der Waals surface area contributed by atoms with Crippen LogP contribution in [0.5, 0.6) is 0 Å². The number of amides is 1. The molecule has 1 heterocycles. The standard InChI is InChI=1S/C14H20FN3O2/c1-10-9-20-13(6-16)7-18(10)8-14(19)17-12-4-2-3-11(15)5-12/h2-5,10,13H,6-9,16H2,1H3,(H,17,19). The van der Waals surface area contributed by atoms with E-state index >= 15 is 0 Å². The van der Waals surface area contributed by atoms with E-state index in [1.807, 2.05) is 11.8 Å². The lowest BCUT2D eigenvalue weighted by Crippen LogP contribution is -2.52. The van der Waals surface area contributed by atoms with Gasteiger partial charge in [0.25, 0.3) is 0 Å². The van der Waals surface area contributed by atoms with Gasteiger partial charge in [0.05, 0.1) is 19.3 Å². The minimum absolute atomic E-state index is 0.0341. The Morgan fingerprint density at radius 2 is 2.40 bits per heavy atom. The van der Waals surface area contributed by atoms with E-state index in [4.69, 9.17) is 10.5 Å². The van der Waals surface area contributed by atoms with Gasteiger partial charge in [0.1, 0.15) is 5.82 Å². The van der Waals surface area contributed by atoms with E-state index in [1.54, 1.807) is 12.1 Å². The van der Waals surface area contributed by atoms with E-state index in [0.717, 1.165) is 0 Å². The summed E-state index contributed by atoms with van der Waals surface area (Å²) in [4.78, 5) is 14.0. The molecule has 3 N–H and O–H groups in total. The SMILES string of the molecule is CC1COC(CN)CN1CC(=O)Nc1cccc(F)c1. The maximum absolute atomic E-state index is 13.0. The van der Waals surface area contributed by atoms with Crippen molar-refractivity contribution < 1.29 is 13.9 Å². The van der Waals surface area contributed by atoms with Gasteiger partial charge >= 0.3 is 0 Å². The molecule has 1 aromatic rings. The average molecular weight is 281 g/mol. The zero-order valence-electron chi connectivity index (χ0n) is 11.5. The fraction of sp³-hybridized carbons (Fsp3) is 0.500. The maximum Gasteiger partial charge on any atom is 0.238 e. The molecule has 2 unspecified atom stereocenters. The van der Waals surface area contributed by atoms with Gasteiger partial charge in [0, 0.05) is 24.8 Å². The number of halogens is 1. The molecule has 0 aromatic heterocycles. The zero-order chi connectivity index (χ0) is 14.5. The number of hydrogen-bond acceptors (Lipinski definition) is 4. The van der Waals surface area contributed by atoms with Crippen LogP contribution in [-0.4, -0.2) is 49.2 Å². The van der Waals surface area contributed by atoms with Gasteiger partial charge in [0.15, 0.2) is 0 Å². The monoisotopic (exact) mass is 281 g/mol. The molecule has 0 bridgehead atoms. The van der Waals surface area contributed by atoms with E-state index in [-0.39, 0.29) is 30.4 Å². The van der Waals surface area contributed by atoms with E-state index < -0.39 is 0 Å². The third-order valence-corrected chi connectivity index (χ3v) is 3.35. The topological polar surface area (TPSA) is 67.6 Å². The smallest absolute Gasteiger partial charge is 0.238 e. The number of ether oxygens (including phenoxy) is 1. The molecule has 2 atom stereocenters. The number of nitrogens with two attached hydrogens (primary N) is 1. The first-order valence-electron chi connectivity index (χ1n) is 6.69. The number of morpholine rings is 1. The van der Waals surface area contributed by atoms with E-state index in [9.17, 15) is 9.18 Å². The van der Waals surface area contributed by atoms with Crippen LogP contribution < -0.4 is 11.1 Å². The molecule has 5 nitrogen and oxygen atoms in total. The Labute approximate surface area is 117 Å². The number of nitrogens with one attached hydrogen (secondary N) is 1. The highest BCUT2D eigenvalue weighted by molar-refractivity contribution is 5.92. The minimum Gasteiger partial charge on any atom is -0.374 e. The highest BCUT2D eigenvalue weighted by Crippen LogP contribution is 2.12. The van der Waals surface area contributed by atoms with Crippen LogP contribution in [-0.2, 0) is 9.53 Å². The van der Waals surface area contributed by atoms with Gasteiger partial charge in [-0.1, -0.05) is 6.07 Å². The van der Waals surface area contributed by atoms with Crippen molar-refractivity contribution in [3.8, 4) is 0 Å². The molecule has 110 valence electrons. The van der Waals surface area contributed by atoms with Crippen molar-refractivity contribution in [1.29, 1.82) is 0 Å². The first kappa shape index (κ1) is 14.9. The average Bonchev–Trinajstić information content (AvgIpc) is 2.41. The van der Waals surface area contributed by atoms with Gasteiger partial charge in [-0.25, -0.2) is 4.39 Å². The maximum atomic E-state index is 13.0. The summed E-state index contributed by atoms with van der Waals surface area (Å²) in [6.45, 7) is 3.89. The van der Waals surface area contributed by atoms with Crippen LogP contribution in [0.2, 0.25) is 0 Å². The predicted molar refractivity (Wildman–Crippen MR) is 74.9 cm³/mol. The Hall–Kier alpha value is -1.50. The number of carbonyl (C=O) groups is 1. The molecule has 1 saturated heterocycles. The third kappa shape index (κ3) is 4.00. The van der Waals surface area contributed by atoms with Crippen molar-refractivity contribution in [3.05, 3.63) is 30.1 Å². The molecule has 1 aromatic carbocycles. The first-order chi connectivity index (χ1) is 9.58. The highest BCUT2D eigenvalue weighted by atomic mass is 19.1. The summed E-state index contributed by atoms with van der Waals surface area (Å²) in [5.74, 6) is -0.536. The van der Waals surface area contributed by atoms with Gasteiger partial charge in [-0.3, -0.25) is 9.69 Å². The molecule has 1 aliphatic rings. The predicted octanol–water partition coefficient (Wildman–Crippen LogP) is 0.812. The fourth-order valence-electron chi connectivity index (χ4n) is 2.19. The second-order valence-electron chi connectivity index (χ2n) is 5.03. The summed E-state index contributed by atoms with van der Waals surface area (Å²) in [6, 6.07) is 6.02. The van der Waals surface area contributed by atoms with E-state index in [1.165, 1.54) is 12.1 Å². The van der Waals surface area contributed by atoms with Gasteiger partial charge in [-0.2, -0.15) is 0 Å². The molecule has 1 fully saturated rings. The van der Waals surface area contributed by atoms with Crippen LogP contribution in [0.3, 0.4) is 0 Å². The zero-order valence-corrected chi connectivity index (χ0v) is 11.5. The number of anilines is 1. The summed E-state index contributed by atoms with van der Waals surface area (Å²) >= 11 is 0. The summed E-state index contributed by atoms with van der Waals surface area (Å²) < 4.78 is 18.6. The molecule has 1 aliphatic heterocycles. The molecule has 20 heavy (non-hydrogen) atoms. The highest BCUT2D eigenvalue weighted by Gasteiger charge is 2.26. The van der Waals surface area contributed by atoms with Gasteiger partial charge in [0.2, 0.25) is 5.91 Å². The van der Waals surface area contributed by atoms with Crippen molar-refractivity contribution >= 4 is 11.6 Å². The first-order valence-corrected chi connectivity index (χ1v) is 6.69. The lowest BCUT2D eigenvalue weighted by atomic mass is 10.2. The molecule has 0 saturated carbocycles. The van der Waals surface area contributed by atoms with E-state index in [2.05, 4.69) is 5.32 Å². The van der Waals surface area contributed by atoms with Crippen LogP contribution in [0.1, 0.15) is 6.92 Å². The number of benzene rings is 1. The third-order valence-electron chi connectivity index (χ3n) is 3.35. The van der Waals surface area contributed by atoms with Crippen LogP contribution in [0.25, 0.3) is 0 Å². The molecule has 1 amide bonds. The van der Waals surface area contributed by atoms with Crippen molar-refractivity contribution in [2.75, 3.05) is 31.6 Å². The van der Waals surface area contributed by atoms with Crippen LogP contribution >= 0.6 is 0 Å². The van der Waals surface area contributed by atoms with Crippen LogP contribution in [0.4, 0.5) is 10.1 Å². The molecule has 0 aliphatic carbocycles. The quantitative estimate of drug-likeness (QED) is 0.857. The Balaban J connectivity index is 1.90. The van der Waals surface area contributed by atoms with E-state index in [0.29, 0.717) is 25.4 Å². The second kappa shape index (κ2) is 6.78. The number of rotatable bonds is 4. The number of nitrogens with zero attached hydrogens (tertiary/aromatic N) is 1. The normalized spacial score (nSPS) is 23.6. The van der Waals surface area contributed by atoms with Gasteiger partial charge in [-0.15, -0.1) is 0 Å². The second-order valence-corrected chi connectivity index (χ2v) is 5.03.